The van der Waals surface area contributed by atoms with E-state index in [1.54, 1.807) is 0 Å². The summed E-state index contributed by atoms with van der Waals surface area (Å²) in [7, 11) is 0. The van der Waals surface area contributed by atoms with E-state index in [1.807, 2.05) is 30.3 Å². The molecule has 1 nitrogen and oxygen atoms in total. The molecule has 1 heteroatoms. The maximum Gasteiger partial charge on any atom is 0.0794 e. The molecule has 0 aliphatic rings. The molecule has 0 spiro atoms. The van der Waals surface area contributed by atoms with Crippen molar-refractivity contribution in [3.05, 3.63) is 96.6 Å². The van der Waals surface area contributed by atoms with Crippen LogP contribution in [-0.4, -0.2) is 6.10 Å². The van der Waals surface area contributed by atoms with Crippen LogP contribution in [0.4, 0.5) is 0 Å². The van der Waals surface area contributed by atoms with Gasteiger partial charge in [0.25, 0.3) is 0 Å². The number of allylic oxidation sites excluding steroid dienone is 1. The van der Waals surface area contributed by atoms with Crippen molar-refractivity contribution >= 4 is 0 Å². The van der Waals surface area contributed by atoms with Crippen molar-refractivity contribution in [2.24, 2.45) is 0 Å². The largest absolute Gasteiger partial charge is 0.369 e. The maximum atomic E-state index is 5.95. The Bertz CT molecular complexity index is 543. The highest BCUT2D eigenvalue weighted by Crippen LogP contribution is 2.09. The Morgan fingerprint density at radius 3 is 2.14 bits per heavy atom. The molecule has 21 heavy (non-hydrogen) atoms. The zero-order chi connectivity index (χ0) is 14.8. The van der Waals surface area contributed by atoms with Gasteiger partial charge in [0, 0.05) is 0 Å². The molecule has 0 fully saturated rings. The second kappa shape index (κ2) is 8.93. The monoisotopic (exact) mass is 278 g/mol. The Balaban J connectivity index is 1.85. The minimum Gasteiger partial charge on any atom is -0.369 e. The first-order chi connectivity index (χ1) is 10.4. The lowest BCUT2D eigenvalue weighted by Gasteiger charge is -2.12. The first-order valence-corrected chi connectivity index (χ1v) is 7.35. The highest BCUT2D eigenvalue weighted by molar-refractivity contribution is 5.18. The summed E-state index contributed by atoms with van der Waals surface area (Å²) in [5.41, 5.74) is 2.51. The smallest absolute Gasteiger partial charge is 0.0794 e. The van der Waals surface area contributed by atoms with E-state index in [0.29, 0.717) is 6.61 Å². The summed E-state index contributed by atoms with van der Waals surface area (Å²) in [5, 5.41) is 0. The molecule has 1 atom stereocenters. The van der Waals surface area contributed by atoms with E-state index in [-0.39, 0.29) is 6.10 Å². The molecule has 0 aliphatic heterocycles. The van der Waals surface area contributed by atoms with E-state index in [4.69, 9.17) is 4.74 Å². The third kappa shape index (κ3) is 5.80. The highest BCUT2D eigenvalue weighted by Gasteiger charge is 2.03. The van der Waals surface area contributed by atoms with Crippen LogP contribution in [-0.2, 0) is 17.8 Å². The van der Waals surface area contributed by atoms with Crippen LogP contribution in [0.15, 0.2) is 85.5 Å². The molecule has 0 radical (unpaired) electrons. The fraction of sp³-hybridized carbons (Fsp3) is 0.200. The lowest BCUT2D eigenvalue weighted by atomic mass is 10.1. The van der Waals surface area contributed by atoms with Crippen molar-refractivity contribution in [1.82, 2.24) is 0 Å². The van der Waals surface area contributed by atoms with Gasteiger partial charge < -0.3 is 4.74 Å². The summed E-state index contributed by atoms with van der Waals surface area (Å²) in [6.45, 7) is 4.44. The van der Waals surface area contributed by atoms with Crippen LogP contribution in [0.1, 0.15) is 17.5 Å². The van der Waals surface area contributed by atoms with E-state index >= 15 is 0 Å². The summed E-state index contributed by atoms with van der Waals surface area (Å²) in [6, 6.07) is 20.7. The maximum absolute atomic E-state index is 5.95. The van der Waals surface area contributed by atoms with E-state index in [0.717, 1.165) is 12.8 Å². The van der Waals surface area contributed by atoms with Crippen LogP contribution >= 0.6 is 0 Å². The van der Waals surface area contributed by atoms with Crippen molar-refractivity contribution in [1.29, 1.82) is 0 Å². The van der Waals surface area contributed by atoms with E-state index in [9.17, 15) is 0 Å². The predicted molar refractivity (Wildman–Crippen MR) is 89.1 cm³/mol. The quantitative estimate of drug-likeness (QED) is 0.621. The molecule has 0 aliphatic carbocycles. The molecule has 2 aromatic carbocycles. The van der Waals surface area contributed by atoms with Crippen LogP contribution < -0.4 is 0 Å². The van der Waals surface area contributed by atoms with Crippen LogP contribution in [0.25, 0.3) is 0 Å². The number of hydrogen-bond acceptors (Lipinski definition) is 1. The van der Waals surface area contributed by atoms with Gasteiger partial charge in [-0.3, -0.25) is 0 Å². The molecule has 0 bridgehead atoms. The minimum atomic E-state index is 0.0893. The lowest BCUT2D eigenvalue weighted by Crippen LogP contribution is -2.08. The Hall–Kier alpha value is -2.12. The number of hydrogen-bond donors (Lipinski definition) is 0. The second-order valence-corrected chi connectivity index (χ2v) is 4.98. The molecule has 0 heterocycles. The predicted octanol–water partition coefficient (Wildman–Crippen LogP) is 4.95. The molecule has 2 aromatic rings. The molecule has 108 valence electrons. The molecule has 0 saturated heterocycles. The summed E-state index contributed by atoms with van der Waals surface area (Å²) in [6.07, 6.45) is 8.07. The zero-order valence-corrected chi connectivity index (χ0v) is 12.3. The zero-order valence-electron chi connectivity index (χ0n) is 12.3. The van der Waals surface area contributed by atoms with Gasteiger partial charge in [-0.05, 0) is 24.0 Å². The molecule has 0 saturated carbocycles. The van der Waals surface area contributed by atoms with Gasteiger partial charge in [-0.15, -0.1) is 6.58 Å². The Kier molecular flexibility index (Phi) is 6.50. The topological polar surface area (TPSA) is 9.23 Å². The van der Waals surface area contributed by atoms with Crippen LogP contribution in [0.5, 0.6) is 0 Å². The highest BCUT2D eigenvalue weighted by atomic mass is 16.5. The summed E-state index contributed by atoms with van der Waals surface area (Å²) >= 11 is 0. The Morgan fingerprint density at radius 1 is 0.905 bits per heavy atom. The lowest BCUT2D eigenvalue weighted by molar-refractivity contribution is 0.0739. The van der Waals surface area contributed by atoms with E-state index in [2.05, 4.69) is 55.1 Å². The van der Waals surface area contributed by atoms with Gasteiger partial charge in [0.2, 0.25) is 0 Å². The van der Waals surface area contributed by atoms with Crippen molar-refractivity contribution in [2.45, 2.75) is 25.6 Å². The fourth-order valence-corrected chi connectivity index (χ4v) is 2.11. The SMILES string of the molecule is C=CCC(C=CCc1ccccc1)OCc1ccccc1. The van der Waals surface area contributed by atoms with Crippen LogP contribution in [0, 0.1) is 0 Å². The van der Waals surface area contributed by atoms with Gasteiger partial charge in [0.05, 0.1) is 12.7 Å². The standard InChI is InChI=1S/C20H22O/c1-2-10-20(21-17-19-13-7-4-8-14-19)16-9-15-18-11-5-3-6-12-18/h2-9,11-14,16,20H,1,10,15,17H2. The summed E-state index contributed by atoms with van der Waals surface area (Å²) in [4.78, 5) is 0. The first-order valence-electron chi connectivity index (χ1n) is 7.35. The molecule has 1 unspecified atom stereocenters. The third-order valence-electron chi connectivity index (χ3n) is 3.25. The van der Waals surface area contributed by atoms with Gasteiger partial charge in [-0.1, -0.05) is 78.9 Å². The van der Waals surface area contributed by atoms with Gasteiger partial charge in [0.1, 0.15) is 0 Å². The molecule has 0 aromatic heterocycles. The second-order valence-electron chi connectivity index (χ2n) is 4.98. The molecule has 2 rings (SSSR count). The van der Waals surface area contributed by atoms with Crippen molar-refractivity contribution in [3.63, 3.8) is 0 Å². The van der Waals surface area contributed by atoms with Crippen molar-refractivity contribution < 1.29 is 4.74 Å². The van der Waals surface area contributed by atoms with Crippen molar-refractivity contribution in [3.8, 4) is 0 Å². The molecule has 0 amide bonds. The number of ether oxygens (including phenoxy) is 1. The number of benzene rings is 2. The minimum absolute atomic E-state index is 0.0893. The van der Waals surface area contributed by atoms with Gasteiger partial charge in [-0.2, -0.15) is 0 Å². The Morgan fingerprint density at radius 2 is 1.52 bits per heavy atom. The number of rotatable bonds is 8. The third-order valence-corrected chi connectivity index (χ3v) is 3.25. The van der Waals surface area contributed by atoms with Crippen molar-refractivity contribution in [2.75, 3.05) is 0 Å². The average molecular weight is 278 g/mol. The summed E-state index contributed by atoms with van der Waals surface area (Å²) in [5.74, 6) is 0. The average Bonchev–Trinajstić information content (AvgIpc) is 2.54. The summed E-state index contributed by atoms with van der Waals surface area (Å²) < 4.78 is 5.95. The molecular weight excluding hydrogens is 256 g/mol. The van der Waals surface area contributed by atoms with E-state index < -0.39 is 0 Å². The van der Waals surface area contributed by atoms with E-state index in [1.165, 1.54) is 11.1 Å². The first kappa shape index (κ1) is 15.3. The van der Waals surface area contributed by atoms with Crippen LogP contribution in [0.3, 0.4) is 0 Å². The Labute approximate surface area is 127 Å². The normalized spacial score (nSPS) is 12.4. The molecule has 0 N–H and O–H groups in total. The molecular formula is C20H22O. The fourth-order valence-electron chi connectivity index (χ4n) is 2.11. The van der Waals surface area contributed by atoms with Gasteiger partial charge in [0.15, 0.2) is 0 Å². The van der Waals surface area contributed by atoms with Gasteiger partial charge >= 0.3 is 0 Å². The van der Waals surface area contributed by atoms with Crippen LogP contribution in [0.2, 0.25) is 0 Å². The van der Waals surface area contributed by atoms with Gasteiger partial charge in [-0.25, -0.2) is 0 Å².